The van der Waals surface area contributed by atoms with Gasteiger partial charge in [0.25, 0.3) is 5.69 Å². The highest BCUT2D eigenvalue weighted by atomic mass is 79.9. The van der Waals surface area contributed by atoms with E-state index in [4.69, 9.17) is 15.2 Å². The average Bonchev–Trinajstić information content (AvgIpc) is 3.61. The number of nitro benzene ring substituents is 1. The van der Waals surface area contributed by atoms with Crippen LogP contribution in [0.15, 0.2) is 69.6 Å². The van der Waals surface area contributed by atoms with Crippen LogP contribution < -0.4 is 15.2 Å². The highest BCUT2D eigenvalue weighted by molar-refractivity contribution is 9.11. The Balaban J connectivity index is 0.000000182. The fourth-order valence-corrected chi connectivity index (χ4v) is 7.35. The number of aryl methyl sites for hydroxylation is 2. The molecule has 0 saturated carbocycles. The van der Waals surface area contributed by atoms with Gasteiger partial charge in [-0.1, -0.05) is 24.3 Å². The molecule has 6 aromatic rings. The summed E-state index contributed by atoms with van der Waals surface area (Å²) in [5, 5.41) is 12.8. The fraction of sp³-hybridized carbons (Fsp3) is 0.118. The number of hydrogen-bond donors (Lipinski definition) is 1. The standard InChI is InChI=1S/C17H13BrN2O3S.C17H15BrN2OS/c1-10-7-13-16(9-14(10)20(21)22)24-17(19-13)6-4-11-3-5-15(23-2)12(18)8-11;1-10-7-14-16(9-13(10)19)22-17(20-14)6-4-11-3-5-15(21-2)12(18)8-11/h3-9H,1-2H3;3-9H,19H2,1-2H3/b2*6-4+. The van der Waals surface area contributed by atoms with E-state index in [1.54, 1.807) is 44.6 Å². The number of aromatic nitrogens is 2. The molecular weight excluding hydrogens is 752 g/mol. The lowest BCUT2D eigenvalue weighted by atomic mass is 10.2. The second-order valence-corrected chi connectivity index (χ2v) is 13.9. The molecule has 0 amide bonds. The lowest BCUT2D eigenvalue weighted by Crippen LogP contribution is -1.90. The van der Waals surface area contributed by atoms with Gasteiger partial charge in [0, 0.05) is 17.3 Å². The molecule has 46 heavy (non-hydrogen) atoms. The molecule has 0 unspecified atom stereocenters. The largest absolute Gasteiger partial charge is 0.496 e. The zero-order valence-corrected chi connectivity index (χ0v) is 30.0. The third-order valence-electron chi connectivity index (χ3n) is 6.90. The van der Waals surface area contributed by atoms with E-state index in [1.165, 1.54) is 11.3 Å². The molecule has 0 radical (unpaired) electrons. The summed E-state index contributed by atoms with van der Waals surface area (Å²) in [4.78, 5) is 19.8. The van der Waals surface area contributed by atoms with E-state index < -0.39 is 0 Å². The second kappa shape index (κ2) is 14.5. The summed E-state index contributed by atoms with van der Waals surface area (Å²) >= 11 is 10.0. The van der Waals surface area contributed by atoms with E-state index in [-0.39, 0.29) is 10.6 Å². The minimum atomic E-state index is -0.362. The van der Waals surface area contributed by atoms with E-state index in [0.29, 0.717) is 5.56 Å². The first-order chi connectivity index (χ1) is 22.0. The van der Waals surface area contributed by atoms with Gasteiger partial charge in [-0.25, -0.2) is 9.97 Å². The van der Waals surface area contributed by atoms with Crippen molar-refractivity contribution in [1.29, 1.82) is 0 Å². The van der Waals surface area contributed by atoms with Crippen molar-refractivity contribution >= 4 is 111 Å². The van der Waals surface area contributed by atoms with Crippen LogP contribution in [0.25, 0.3) is 44.7 Å². The molecule has 234 valence electrons. The van der Waals surface area contributed by atoms with Crippen molar-refractivity contribution < 1.29 is 14.4 Å². The Hall–Kier alpha value is -4.10. The summed E-state index contributed by atoms with van der Waals surface area (Å²) in [6.07, 6.45) is 7.91. The highest BCUT2D eigenvalue weighted by Gasteiger charge is 2.14. The molecule has 2 aromatic heterocycles. The van der Waals surface area contributed by atoms with Crippen molar-refractivity contribution in [2.75, 3.05) is 20.0 Å². The van der Waals surface area contributed by atoms with Crippen LogP contribution in [0.5, 0.6) is 11.5 Å². The van der Waals surface area contributed by atoms with E-state index in [2.05, 4.69) is 41.8 Å². The average molecular weight is 781 g/mol. The van der Waals surface area contributed by atoms with Gasteiger partial charge in [0.1, 0.15) is 21.5 Å². The first-order valence-corrected chi connectivity index (χ1v) is 17.0. The normalized spacial score (nSPS) is 11.3. The molecule has 0 spiro atoms. The quantitative estimate of drug-likeness (QED) is 0.0975. The molecule has 2 N–H and O–H groups in total. The van der Waals surface area contributed by atoms with Crippen LogP contribution in [0.2, 0.25) is 0 Å². The first-order valence-electron chi connectivity index (χ1n) is 13.8. The maximum atomic E-state index is 11.0. The van der Waals surface area contributed by atoms with Crippen molar-refractivity contribution in [1.82, 2.24) is 9.97 Å². The maximum Gasteiger partial charge on any atom is 0.273 e. The van der Waals surface area contributed by atoms with E-state index in [1.807, 2.05) is 79.8 Å². The zero-order valence-electron chi connectivity index (χ0n) is 25.2. The van der Waals surface area contributed by atoms with Gasteiger partial charge in [0.2, 0.25) is 0 Å². The number of benzene rings is 4. The van der Waals surface area contributed by atoms with Crippen molar-refractivity contribution in [2.24, 2.45) is 0 Å². The molecule has 0 bridgehead atoms. The number of nitrogens with two attached hydrogens (primary N) is 1. The van der Waals surface area contributed by atoms with Crippen LogP contribution in [-0.2, 0) is 0 Å². The van der Waals surface area contributed by atoms with Gasteiger partial charge < -0.3 is 15.2 Å². The summed E-state index contributed by atoms with van der Waals surface area (Å²) in [7, 11) is 3.28. The lowest BCUT2D eigenvalue weighted by Gasteiger charge is -2.03. The minimum absolute atomic E-state index is 0.126. The van der Waals surface area contributed by atoms with Gasteiger partial charge in [-0.15, -0.1) is 22.7 Å². The molecule has 4 aromatic carbocycles. The number of thiazole rings is 2. The molecule has 0 fully saturated rings. The number of rotatable bonds is 7. The number of nitrogens with zero attached hydrogens (tertiary/aromatic N) is 3. The van der Waals surface area contributed by atoms with E-state index in [9.17, 15) is 10.1 Å². The van der Waals surface area contributed by atoms with Gasteiger partial charge in [0.05, 0.1) is 48.5 Å². The third kappa shape index (κ3) is 7.81. The van der Waals surface area contributed by atoms with Crippen molar-refractivity contribution in [3.8, 4) is 11.5 Å². The molecule has 8 nitrogen and oxygen atoms in total. The minimum Gasteiger partial charge on any atom is -0.496 e. The Kier molecular flexibility index (Phi) is 10.5. The zero-order chi connectivity index (χ0) is 33.0. The molecule has 0 saturated heterocycles. The summed E-state index contributed by atoms with van der Waals surface area (Å²) in [6.45, 7) is 3.72. The van der Waals surface area contributed by atoms with Crippen LogP contribution in [0, 0.1) is 24.0 Å². The number of nitro groups is 1. The van der Waals surface area contributed by atoms with Crippen LogP contribution in [0.3, 0.4) is 0 Å². The van der Waals surface area contributed by atoms with Gasteiger partial charge >= 0.3 is 0 Å². The molecule has 6 rings (SSSR count). The van der Waals surface area contributed by atoms with E-state index >= 15 is 0 Å². The van der Waals surface area contributed by atoms with Crippen LogP contribution in [0.1, 0.15) is 32.3 Å². The Morgan fingerprint density at radius 2 is 1.22 bits per heavy atom. The Morgan fingerprint density at radius 1 is 0.739 bits per heavy atom. The van der Waals surface area contributed by atoms with Gasteiger partial charge in [-0.2, -0.15) is 0 Å². The first kappa shape index (κ1) is 33.3. The van der Waals surface area contributed by atoms with Crippen molar-refractivity contribution in [3.05, 3.63) is 112 Å². The van der Waals surface area contributed by atoms with Crippen LogP contribution >= 0.6 is 54.5 Å². The smallest absolute Gasteiger partial charge is 0.273 e. The van der Waals surface area contributed by atoms with Gasteiger partial charge in [-0.05, 0) is 117 Å². The summed E-state index contributed by atoms with van der Waals surface area (Å²) in [5.74, 6) is 1.60. The number of ether oxygens (including phenoxy) is 2. The monoisotopic (exact) mass is 778 g/mol. The predicted molar refractivity (Wildman–Crippen MR) is 199 cm³/mol. The van der Waals surface area contributed by atoms with Gasteiger partial charge in [-0.3, -0.25) is 10.1 Å². The summed E-state index contributed by atoms with van der Waals surface area (Å²) in [5.41, 5.74) is 12.4. The summed E-state index contributed by atoms with van der Waals surface area (Å²) in [6, 6.07) is 19.1. The molecule has 0 aliphatic rings. The number of halogens is 2. The molecule has 0 aliphatic carbocycles. The molecule has 0 aliphatic heterocycles. The third-order valence-corrected chi connectivity index (χ3v) is 10.1. The predicted octanol–water partition coefficient (Wildman–Crippen LogP) is 10.6. The Bertz CT molecular complexity index is 2100. The van der Waals surface area contributed by atoms with Crippen molar-refractivity contribution in [3.63, 3.8) is 0 Å². The van der Waals surface area contributed by atoms with Crippen LogP contribution in [-0.4, -0.2) is 29.1 Å². The maximum absolute atomic E-state index is 11.0. The van der Waals surface area contributed by atoms with Crippen LogP contribution in [0.4, 0.5) is 11.4 Å². The van der Waals surface area contributed by atoms with E-state index in [0.717, 1.165) is 73.3 Å². The molecular formula is C34H28Br2N4O4S2. The highest BCUT2D eigenvalue weighted by Crippen LogP contribution is 2.32. The number of anilines is 1. The molecule has 0 atom stereocenters. The number of hydrogen-bond acceptors (Lipinski definition) is 9. The number of fused-ring (bicyclic) bond motifs is 2. The van der Waals surface area contributed by atoms with Gasteiger partial charge in [0.15, 0.2) is 0 Å². The fourth-order valence-electron chi connectivity index (χ4n) is 4.44. The SMILES string of the molecule is COc1ccc(/C=C/c2nc3cc(C)c(N)cc3s2)cc1Br.COc1ccc(/C=C/c2nc3cc(C)c([N+](=O)[O-])cc3s2)cc1Br. The molecule has 12 heteroatoms. The number of nitrogen functional groups attached to an aromatic ring is 1. The lowest BCUT2D eigenvalue weighted by molar-refractivity contribution is -0.385. The Morgan fingerprint density at radius 3 is 1.67 bits per heavy atom. The number of methoxy groups -OCH3 is 2. The second-order valence-electron chi connectivity index (χ2n) is 10.1. The topological polar surface area (TPSA) is 113 Å². The summed E-state index contributed by atoms with van der Waals surface area (Å²) < 4.78 is 14.2. The van der Waals surface area contributed by atoms with Crippen molar-refractivity contribution in [2.45, 2.75) is 13.8 Å². The molecule has 2 heterocycles. The Labute approximate surface area is 290 Å².